The second kappa shape index (κ2) is 5.77. The Labute approximate surface area is 120 Å². The molecular formula is C14H16F2N4O. The van der Waals surface area contributed by atoms with Crippen molar-refractivity contribution in [3.63, 3.8) is 0 Å². The summed E-state index contributed by atoms with van der Waals surface area (Å²) in [6.45, 7) is 2.54. The standard InChI is InChI=1S/C14H16F2N4O/c15-9-6-10(16)14-11(7-9)18-12(19-14)2-1-4-20-5-3-17-8-13(20)21/h6-7,17H,1-5,8H2,(H,18,19). The Balaban J connectivity index is 1.63. The van der Waals surface area contributed by atoms with Crippen LogP contribution >= 0.6 is 0 Å². The molecule has 3 rings (SSSR count). The van der Waals surface area contributed by atoms with Crippen LogP contribution in [0.5, 0.6) is 0 Å². The summed E-state index contributed by atoms with van der Waals surface area (Å²) in [7, 11) is 0. The van der Waals surface area contributed by atoms with E-state index in [2.05, 4.69) is 15.3 Å². The second-order valence-corrected chi connectivity index (χ2v) is 5.13. The first-order valence-corrected chi connectivity index (χ1v) is 6.95. The molecule has 2 N–H and O–H groups in total. The summed E-state index contributed by atoms with van der Waals surface area (Å²) in [5, 5.41) is 3.01. The molecule has 7 heteroatoms. The molecule has 21 heavy (non-hydrogen) atoms. The number of aromatic amines is 1. The van der Waals surface area contributed by atoms with Gasteiger partial charge >= 0.3 is 0 Å². The molecule has 5 nitrogen and oxygen atoms in total. The number of amides is 1. The normalized spacial score (nSPS) is 15.9. The van der Waals surface area contributed by atoms with Gasteiger partial charge in [-0.2, -0.15) is 0 Å². The minimum atomic E-state index is -0.662. The number of aryl methyl sites for hydroxylation is 1. The van der Waals surface area contributed by atoms with Crippen LogP contribution in [-0.2, 0) is 11.2 Å². The number of carbonyl (C=O) groups excluding carboxylic acids is 1. The van der Waals surface area contributed by atoms with Gasteiger partial charge in [-0.3, -0.25) is 4.79 Å². The summed E-state index contributed by atoms with van der Waals surface area (Å²) < 4.78 is 26.6. The minimum absolute atomic E-state index is 0.0963. The minimum Gasteiger partial charge on any atom is -0.342 e. The Bertz CT molecular complexity index is 670. The van der Waals surface area contributed by atoms with E-state index in [1.165, 1.54) is 6.07 Å². The number of H-pyrrole nitrogens is 1. The van der Waals surface area contributed by atoms with E-state index in [0.29, 0.717) is 37.4 Å². The van der Waals surface area contributed by atoms with Crippen molar-refractivity contribution in [3.8, 4) is 0 Å². The Morgan fingerprint density at radius 2 is 2.19 bits per heavy atom. The van der Waals surface area contributed by atoms with E-state index in [4.69, 9.17) is 0 Å². The number of imidazole rings is 1. The highest BCUT2D eigenvalue weighted by Gasteiger charge is 2.17. The number of fused-ring (bicyclic) bond motifs is 1. The van der Waals surface area contributed by atoms with E-state index in [1.807, 2.05) is 0 Å². The van der Waals surface area contributed by atoms with Gasteiger partial charge in [-0.1, -0.05) is 0 Å². The topological polar surface area (TPSA) is 61.0 Å². The summed E-state index contributed by atoms with van der Waals surface area (Å²) in [6.07, 6.45) is 1.32. The van der Waals surface area contributed by atoms with Crippen molar-refractivity contribution < 1.29 is 13.6 Å². The third kappa shape index (κ3) is 3.02. The van der Waals surface area contributed by atoms with Gasteiger partial charge in [0, 0.05) is 32.1 Å². The predicted molar refractivity (Wildman–Crippen MR) is 73.8 cm³/mol. The van der Waals surface area contributed by atoms with Gasteiger partial charge in [0.2, 0.25) is 5.91 Å². The van der Waals surface area contributed by atoms with Crippen molar-refractivity contribution in [2.24, 2.45) is 0 Å². The SMILES string of the molecule is O=C1CNCCN1CCCc1nc2c(F)cc(F)cc2[nH]1. The van der Waals surface area contributed by atoms with Gasteiger partial charge in [-0.05, 0) is 12.5 Å². The number of nitrogens with one attached hydrogen (secondary N) is 2. The first-order valence-electron chi connectivity index (χ1n) is 6.95. The summed E-state index contributed by atoms with van der Waals surface area (Å²) in [5.74, 6) is -0.581. The van der Waals surface area contributed by atoms with Gasteiger partial charge in [0.1, 0.15) is 17.2 Å². The molecule has 2 heterocycles. The monoisotopic (exact) mass is 294 g/mol. The zero-order valence-electron chi connectivity index (χ0n) is 11.5. The highest BCUT2D eigenvalue weighted by molar-refractivity contribution is 5.79. The van der Waals surface area contributed by atoms with Crippen LogP contribution in [0.25, 0.3) is 11.0 Å². The van der Waals surface area contributed by atoms with Crippen LogP contribution in [0, 0.1) is 11.6 Å². The first-order chi connectivity index (χ1) is 10.1. The summed E-state index contributed by atoms with van der Waals surface area (Å²) in [5.41, 5.74) is 0.519. The third-order valence-corrected chi connectivity index (χ3v) is 3.58. The quantitative estimate of drug-likeness (QED) is 0.891. The van der Waals surface area contributed by atoms with Crippen LogP contribution in [0.2, 0.25) is 0 Å². The Morgan fingerprint density at radius 3 is 3.00 bits per heavy atom. The number of carbonyl (C=O) groups is 1. The lowest BCUT2D eigenvalue weighted by Gasteiger charge is -2.27. The fraction of sp³-hybridized carbons (Fsp3) is 0.429. The molecule has 0 aliphatic carbocycles. The fourth-order valence-electron chi connectivity index (χ4n) is 2.53. The number of hydrogen-bond acceptors (Lipinski definition) is 3. The van der Waals surface area contributed by atoms with E-state index >= 15 is 0 Å². The lowest BCUT2D eigenvalue weighted by atomic mass is 10.2. The van der Waals surface area contributed by atoms with E-state index in [1.54, 1.807) is 4.90 Å². The maximum atomic E-state index is 13.5. The highest BCUT2D eigenvalue weighted by atomic mass is 19.1. The molecule has 0 atom stereocenters. The molecule has 1 aliphatic rings. The Morgan fingerprint density at radius 1 is 1.33 bits per heavy atom. The average molecular weight is 294 g/mol. The van der Waals surface area contributed by atoms with Gasteiger partial charge in [0.15, 0.2) is 5.82 Å². The van der Waals surface area contributed by atoms with Crippen molar-refractivity contribution in [1.29, 1.82) is 0 Å². The predicted octanol–water partition coefficient (Wildman–Crippen LogP) is 1.21. The molecule has 1 aliphatic heterocycles. The number of rotatable bonds is 4. The lowest BCUT2D eigenvalue weighted by Crippen LogP contribution is -2.48. The summed E-state index contributed by atoms with van der Waals surface area (Å²) >= 11 is 0. The molecule has 0 saturated carbocycles. The molecule has 112 valence electrons. The van der Waals surface area contributed by atoms with Gasteiger partial charge in [0.25, 0.3) is 0 Å². The number of halogens is 2. The van der Waals surface area contributed by atoms with Crippen molar-refractivity contribution in [1.82, 2.24) is 20.2 Å². The zero-order chi connectivity index (χ0) is 14.8. The van der Waals surface area contributed by atoms with Gasteiger partial charge in [-0.15, -0.1) is 0 Å². The Kier molecular flexibility index (Phi) is 3.83. The molecular weight excluding hydrogens is 278 g/mol. The molecule has 0 spiro atoms. The lowest BCUT2D eigenvalue weighted by molar-refractivity contribution is -0.131. The van der Waals surface area contributed by atoms with Crippen molar-refractivity contribution in [3.05, 3.63) is 29.6 Å². The number of nitrogens with zero attached hydrogens (tertiary/aromatic N) is 2. The molecule has 2 aromatic rings. The second-order valence-electron chi connectivity index (χ2n) is 5.13. The molecule has 1 fully saturated rings. The van der Waals surface area contributed by atoms with Crippen LogP contribution in [0.3, 0.4) is 0 Å². The fourth-order valence-corrected chi connectivity index (χ4v) is 2.53. The maximum Gasteiger partial charge on any atom is 0.236 e. The maximum absolute atomic E-state index is 13.5. The van der Waals surface area contributed by atoms with Gasteiger partial charge in [-0.25, -0.2) is 13.8 Å². The summed E-state index contributed by atoms with van der Waals surface area (Å²) in [4.78, 5) is 20.5. The largest absolute Gasteiger partial charge is 0.342 e. The van der Waals surface area contributed by atoms with E-state index < -0.39 is 11.6 Å². The number of hydrogen-bond donors (Lipinski definition) is 2. The van der Waals surface area contributed by atoms with Crippen molar-refractivity contribution in [2.45, 2.75) is 12.8 Å². The van der Waals surface area contributed by atoms with Gasteiger partial charge in [0.05, 0.1) is 12.1 Å². The zero-order valence-corrected chi connectivity index (χ0v) is 11.5. The molecule has 1 amide bonds. The van der Waals surface area contributed by atoms with Crippen LogP contribution in [0.15, 0.2) is 12.1 Å². The van der Waals surface area contributed by atoms with Crippen molar-refractivity contribution >= 4 is 16.9 Å². The van der Waals surface area contributed by atoms with Crippen molar-refractivity contribution in [2.75, 3.05) is 26.2 Å². The van der Waals surface area contributed by atoms with E-state index in [9.17, 15) is 13.6 Å². The molecule has 0 unspecified atom stereocenters. The molecule has 0 radical (unpaired) electrons. The molecule has 1 aromatic heterocycles. The van der Waals surface area contributed by atoms with Crippen LogP contribution in [0.1, 0.15) is 12.2 Å². The van der Waals surface area contributed by atoms with Crippen LogP contribution in [0.4, 0.5) is 8.78 Å². The average Bonchev–Trinajstić information content (AvgIpc) is 2.84. The third-order valence-electron chi connectivity index (χ3n) is 3.58. The van der Waals surface area contributed by atoms with E-state index in [0.717, 1.165) is 19.0 Å². The number of piperazine rings is 1. The van der Waals surface area contributed by atoms with E-state index in [-0.39, 0.29) is 11.4 Å². The molecule has 1 saturated heterocycles. The van der Waals surface area contributed by atoms with Crippen LogP contribution < -0.4 is 5.32 Å². The molecule has 1 aromatic carbocycles. The first kappa shape index (κ1) is 13.9. The van der Waals surface area contributed by atoms with Crippen LogP contribution in [-0.4, -0.2) is 47.0 Å². The number of benzene rings is 1. The highest BCUT2D eigenvalue weighted by Crippen LogP contribution is 2.18. The smallest absolute Gasteiger partial charge is 0.236 e. The Hall–Kier alpha value is -2.02. The number of aromatic nitrogens is 2. The van der Waals surface area contributed by atoms with Gasteiger partial charge < -0.3 is 15.2 Å². The molecule has 0 bridgehead atoms. The summed E-state index contributed by atoms with van der Waals surface area (Å²) in [6, 6.07) is 2.06.